The predicted octanol–water partition coefficient (Wildman–Crippen LogP) is 3.45. The number of pyridine rings is 2. The number of alkyl halides is 3. The van der Waals surface area contributed by atoms with Crippen molar-refractivity contribution in [3.8, 4) is 0 Å². The molecule has 2 aromatic heterocycles. The van der Waals surface area contributed by atoms with Crippen LogP contribution >= 0.6 is 0 Å². The maximum Gasteiger partial charge on any atom is 0.433 e. The zero-order valence-corrected chi connectivity index (χ0v) is 13.4. The van der Waals surface area contributed by atoms with E-state index in [1.165, 1.54) is 12.3 Å². The van der Waals surface area contributed by atoms with E-state index in [0.717, 1.165) is 43.2 Å². The molecule has 4 nitrogen and oxygen atoms in total. The monoisotopic (exact) mass is 349 g/mol. The Kier molecular flexibility index (Phi) is 3.72. The fraction of sp³-hybridized carbons (Fsp3) is 0.444. The summed E-state index contributed by atoms with van der Waals surface area (Å²) in [7, 11) is 0. The number of anilines is 1. The predicted molar refractivity (Wildman–Crippen MR) is 85.8 cm³/mol. The maximum absolute atomic E-state index is 12.6. The molecule has 1 saturated carbocycles. The lowest BCUT2D eigenvalue weighted by Gasteiger charge is -2.60. The lowest BCUT2D eigenvalue weighted by atomic mass is 9.56. The number of rotatable bonds is 3. The third-order valence-electron chi connectivity index (χ3n) is 5.32. The van der Waals surface area contributed by atoms with Crippen molar-refractivity contribution in [3.05, 3.63) is 54.1 Å². The lowest BCUT2D eigenvalue weighted by Crippen LogP contribution is -2.63. The molecular weight excluding hydrogens is 331 g/mol. The average Bonchev–Trinajstić information content (AvgIpc) is 2.52. The van der Waals surface area contributed by atoms with Crippen LogP contribution in [0.2, 0.25) is 0 Å². The summed E-state index contributed by atoms with van der Waals surface area (Å²) in [5.74, 6) is 0.220. The van der Waals surface area contributed by atoms with Gasteiger partial charge in [-0.3, -0.25) is 4.98 Å². The molecule has 1 spiro atoms. The number of aromatic nitrogens is 2. The summed E-state index contributed by atoms with van der Waals surface area (Å²) in [5.41, 5.74) is 0.867. The van der Waals surface area contributed by atoms with E-state index in [0.29, 0.717) is 0 Å². The third kappa shape index (κ3) is 2.97. The largest absolute Gasteiger partial charge is 0.433 e. The van der Waals surface area contributed by atoms with Gasteiger partial charge < -0.3 is 10.0 Å². The Balaban J connectivity index is 1.33. The van der Waals surface area contributed by atoms with E-state index in [1.54, 1.807) is 12.4 Å². The quantitative estimate of drug-likeness (QED) is 0.922. The summed E-state index contributed by atoms with van der Waals surface area (Å²) in [6, 6.07) is 6.19. The molecular formula is C18H18F3N3O. The van der Waals surface area contributed by atoms with Gasteiger partial charge in [0, 0.05) is 30.9 Å². The normalized spacial score (nSPS) is 20.9. The smallest absolute Gasteiger partial charge is 0.388 e. The summed E-state index contributed by atoms with van der Waals surface area (Å²) in [6.07, 6.45) is 1.61. The number of aliphatic hydroxyl groups excluding tert-OH is 1. The van der Waals surface area contributed by atoms with Crippen molar-refractivity contribution in [3.63, 3.8) is 0 Å². The lowest BCUT2D eigenvalue weighted by molar-refractivity contribution is -0.141. The first-order chi connectivity index (χ1) is 11.9. The second-order valence-corrected chi connectivity index (χ2v) is 7.15. The second kappa shape index (κ2) is 5.69. The first-order valence-electron chi connectivity index (χ1n) is 8.23. The van der Waals surface area contributed by atoms with E-state index in [4.69, 9.17) is 0 Å². The summed E-state index contributed by atoms with van der Waals surface area (Å²) < 4.78 is 37.7. The van der Waals surface area contributed by atoms with Crippen molar-refractivity contribution in [2.45, 2.75) is 25.1 Å². The third-order valence-corrected chi connectivity index (χ3v) is 5.32. The molecule has 1 unspecified atom stereocenters. The Morgan fingerprint density at radius 1 is 1.16 bits per heavy atom. The van der Waals surface area contributed by atoms with E-state index >= 15 is 0 Å². The van der Waals surface area contributed by atoms with Crippen molar-refractivity contribution >= 4 is 5.69 Å². The Morgan fingerprint density at radius 3 is 2.48 bits per heavy atom. The number of hydrogen-bond donors (Lipinski definition) is 1. The number of nitrogens with zero attached hydrogens (tertiary/aromatic N) is 3. The van der Waals surface area contributed by atoms with Crippen LogP contribution in [-0.4, -0.2) is 28.2 Å². The highest BCUT2D eigenvalue weighted by Gasteiger charge is 2.54. The van der Waals surface area contributed by atoms with Gasteiger partial charge >= 0.3 is 6.18 Å². The van der Waals surface area contributed by atoms with Gasteiger partial charge in [-0.1, -0.05) is 6.07 Å². The van der Waals surface area contributed by atoms with Crippen LogP contribution < -0.4 is 4.90 Å². The Hall–Kier alpha value is -2.15. The minimum atomic E-state index is -4.40. The van der Waals surface area contributed by atoms with Gasteiger partial charge in [-0.25, -0.2) is 4.98 Å². The minimum Gasteiger partial charge on any atom is -0.388 e. The molecule has 1 aliphatic carbocycles. The number of halogens is 3. The van der Waals surface area contributed by atoms with Crippen molar-refractivity contribution < 1.29 is 18.3 Å². The second-order valence-electron chi connectivity index (χ2n) is 7.15. The van der Waals surface area contributed by atoms with Gasteiger partial charge in [-0.2, -0.15) is 13.2 Å². The van der Waals surface area contributed by atoms with Crippen molar-refractivity contribution in [1.82, 2.24) is 9.97 Å². The van der Waals surface area contributed by atoms with E-state index in [9.17, 15) is 18.3 Å². The zero-order valence-electron chi connectivity index (χ0n) is 13.4. The van der Waals surface area contributed by atoms with Gasteiger partial charge in [0.2, 0.25) is 0 Å². The van der Waals surface area contributed by atoms with E-state index in [-0.39, 0.29) is 11.3 Å². The summed E-state index contributed by atoms with van der Waals surface area (Å²) in [4.78, 5) is 9.59. The molecule has 1 N–H and O–H groups in total. The number of aliphatic hydroxyl groups is 1. The van der Waals surface area contributed by atoms with Gasteiger partial charge in [-0.15, -0.1) is 0 Å². The molecule has 3 heterocycles. The average molecular weight is 349 g/mol. The molecule has 0 aromatic carbocycles. The molecule has 2 aromatic rings. The van der Waals surface area contributed by atoms with Crippen molar-refractivity contribution in [2.75, 3.05) is 18.0 Å². The van der Waals surface area contributed by atoms with Crippen LogP contribution in [0.25, 0.3) is 0 Å². The molecule has 2 fully saturated rings. The van der Waals surface area contributed by atoms with Crippen molar-refractivity contribution in [1.29, 1.82) is 0 Å². The van der Waals surface area contributed by atoms with Crippen LogP contribution in [0.4, 0.5) is 18.9 Å². The topological polar surface area (TPSA) is 49.3 Å². The highest BCUT2D eigenvalue weighted by molar-refractivity contribution is 5.49. The highest BCUT2D eigenvalue weighted by Crippen LogP contribution is 2.56. The molecule has 0 amide bonds. The van der Waals surface area contributed by atoms with Gasteiger partial charge in [0.05, 0.1) is 18.0 Å². The van der Waals surface area contributed by atoms with Gasteiger partial charge in [-0.05, 0) is 42.5 Å². The van der Waals surface area contributed by atoms with Crippen LogP contribution in [0.1, 0.15) is 30.2 Å². The first-order valence-corrected chi connectivity index (χ1v) is 8.23. The Bertz CT molecular complexity index is 734. The van der Waals surface area contributed by atoms with Gasteiger partial charge in [0.1, 0.15) is 5.69 Å². The van der Waals surface area contributed by atoms with Crippen LogP contribution in [0.3, 0.4) is 0 Å². The molecule has 0 radical (unpaired) electrons. The van der Waals surface area contributed by atoms with Gasteiger partial charge in [0.15, 0.2) is 0 Å². The fourth-order valence-electron chi connectivity index (χ4n) is 4.04. The molecule has 1 atom stereocenters. The molecule has 4 rings (SSSR count). The Labute approximate surface area is 143 Å². The standard InChI is InChI=1S/C18H18F3N3O/c19-18(20,21)15-4-3-14(9-23-15)24-10-17(11-24)6-13(7-17)16(25)12-2-1-5-22-8-12/h1-5,8-9,13,16,25H,6-7,10-11H2. The molecule has 1 aliphatic heterocycles. The Morgan fingerprint density at radius 2 is 1.92 bits per heavy atom. The SMILES string of the molecule is OC(c1cccnc1)C1CC2(C1)CN(c1ccc(C(F)(F)F)nc1)C2. The van der Waals surface area contributed by atoms with E-state index in [1.807, 2.05) is 17.0 Å². The summed E-state index contributed by atoms with van der Waals surface area (Å²) in [5, 5.41) is 10.4. The molecule has 1 saturated heterocycles. The number of hydrogen-bond acceptors (Lipinski definition) is 4. The summed E-state index contributed by atoms with van der Waals surface area (Å²) >= 11 is 0. The highest BCUT2D eigenvalue weighted by atomic mass is 19.4. The van der Waals surface area contributed by atoms with Crippen LogP contribution in [-0.2, 0) is 6.18 Å². The van der Waals surface area contributed by atoms with Crippen LogP contribution in [0, 0.1) is 11.3 Å². The minimum absolute atomic E-state index is 0.177. The van der Waals surface area contributed by atoms with Gasteiger partial charge in [0.25, 0.3) is 0 Å². The molecule has 0 bridgehead atoms. The van der Waals surface area contributed by atoms with E-state index < -0.39 is 18.0 Å². The zero-order chi connectivity index (χ0) is 17.7. The van der Waals surface area contributed by atoms with E-state index in [2.05, 4.69) is 9.97 Å². The first kappa shape index (κ1) is 16.3. The molecule has 7 heteroatoms. The molecule has 2 aliphatic rings. The van der Waals surface area contributed by atoms with Crippen LogP contribution in [0.5, 0.6) is 0 Å². The fourth-order valence-corrected chi connectivity index (χ4v) is 4.04. The van der Waals surface area contributed by atoms with Crippen molar-refractivity contribution in [2.24, 2.45) is 11.3 Å². The van der Waals surface area contributed by atoms with Crippen LogP contribution in [0.15, 0.2) is 42.9 Å². The molecule has 132 valence electrons. The maximum atomic E-state index is 12.6. The molecule has 25 heavy (non-hydrogen) atoms. The summed E-state index contributed by atoms with van der Waals surface area (Å²) in [6.45, 7) is 1.60.